The largest absolute Gasteiger partial charge is 0.480 e. The van der Waals surface area contributed by atoms with E-state index in [-0.39, 0.29) is 28.9 Å². The molecule has 8 heteroatoms. The highest BCUT2D eigenvalue weighted by Gasteiger charge is 2.24. The SMILES string of the molecule is CC(C)(C)c1ccc(C(=O)Nc2ccc(-c3ccc(C(=N)N)cc3)cc2C(=O)NC(Cc2ccc(-c3ccccc3)cc2)C(=O)O)cc1. The van der Waals surface area contributed by atoms with Crippen molar-refractivity contribution < 1.29 is 19.5 Å². The average Bonchev–Trinajstić information content (AvgIpc) is 3.08. The molecule has 5 rings (SSSR count). The number of benzene rings is 5. The van der Waals surface area contributed by atoms with Crippen LogP contribution in [0, 0.1) is 5.41 Å². The maximum absolute atomic E-state index is 13.8. The van der Waals surface area contributed by atoms with E-state index in [1.807, 2.05) is 66.7 Å². The average molecular weight is 639 g/mol. The highest BCUT2D eigenvalue weighted by atomic mass is 16.4. The van der Waals surface area contributed by atoms with Gasteiger partial charge in [0, 0.05) is 17.5 Å². The number of carbonyl (C=O) groups is 3. The van der Waals surface area contributed by atoms with Crippen LogP contribution in [0.2, 0.25) is 0 Å². The van der Waals surface area contributed by atoms with E-state index in [1.165, 1.54) is 0 Å². The number of amidine groups is 1. The normalized spacial score (nSPS) is 11.7. The van der Waals surface area contributed by atoms with Crippen LogP contribution in [0.1, 0.15) is 58.2 Å². The van der Waals surface area contributed by atoms with E-state index in [9.17, 15) is 19.5 Å². The van der Waals surface area contributed by atoms with Gasteiger partial charge in [-0.2, -0.15) is 0 Å². The van der Waals surface area contributed by atoms with Crippen LogP contribution in [0.5, 0.6) is 0 Å². The van der Waals surface area contributed by atoms with Gasteiger partial charge in [0.05, 0.1) is 11.3 Å². The minimum absolute atomic E-state index is 0.0597. The Morgan fingerprint density at radius 2 is 1.25 bits per heavy atom. The fourth-order valence-electron chi connectivity index (χ4n) is 5.31. The van der Waals surface area contributed by atoms with Gasteiger partial charge in [0.1, 0.15) is 11.9 Å². The summed E-state index contributed by atoms with van der Waals surface area (Å²) in [5.74, 6) is -2.30. The number of aliphatic carboxylic acids is 1. The lowest BCUT2D eigenvalue weighted by Gasteiger charge is -2.19. The van der Waals surface area contributed by atoms with Crippen LogP contribution >= 0.6 is 0 Å². The predicted octanol–water partition coefficient (Wildman–Crippen LogP) is 7.28. The summed E-state index contributed by atoms with van der Waals surface area (Å²) in [7, 11) is 0. The van der Waals surface area contributed by atoms with Crippen molar-refractivity contribution in [2.75, 3.05) is 5.32 Å². The molecule has 1 atom stereocenters. The molecule has 5 aromatic rings. The van der Waals surface area contributed by atoms with E-state index >= 15 is 0 Å². The molecule has 0 saturated heterocycles. The number of carbonyl (C=O) groups excluding carboxylic acids is 2. The summed E-state index contributed by atoms with van der Waals surface area (Å²) in [5.41, 5.74) is 12.1. The van der Waals surface area contributed by atoms with Crippen LogP contribution in [0.4, 0.5) is 5.69 Å². The first-order chi connectivity index (χ1) is 22.9. The van der Waals surface area contributed by atoms with Gasteiger partial charge < -0.3 is 21.5 Å². The highest BCUT2D eigenvalue weighted by molar-refractivity contribution is 6.10. The number of hydrogen-bond donors (Lipinski definition) is 5. The van der Waals surface area contributed by atoms with Crippen molar-refractivity contribution >= 4 is 29.3 Å². The van der Waals surface area contributed by atoms with Gasteiger partial charge >= 0.3 is 5.97 Å². The third kappa shape index (κ3) is 8.03. The molecule has 0 aliphatic rings. The monoisotopic (exact) mass is 638 g/mol. The molecule has 0 aliphatic carbocycles. The second-order valence-corrected chi connectivity index (χ2v) is 12.7. The minimum Gasteiger partial charge on any atom is -0.480 e. The molecule has 242 valence electrons. The predicted molar refractivity (Wildman–Crippen MR) is 190 cm³/mol. The van der Waals surface area contributed by atoms with Crippen molar-refractivity contribution in [3.05, 3.63) is 149 Å². The zero-order valence-electron chi connectivity index (χ0n) is 27.1. The molecule has 8 nitrogen and oxygen atoms in total. The number of nitrogen functional groups attached to an aromatic ring is 1. The number of nitrogens with two attached hydrogens (primary N) is 1. The molecule has 0 aliphatic heterocycles. The lowest BCUT2D eigenvalue weighted by atomic mass is 9.86. The maximum atomic E-state index is 13.8. The first kappa shape index (κ1) is 33.3. The number of carboxylic acid groups (broad SMARTS) is 1. The summed E-state index contributed by atoms with van der Waals surface area (Å²) in [6.07, 6.45) is 0.0597. The number of carboxylic acids is 1. The Balaban J connectivity index is 1.42. The van der Waals surface area contributed by atoms with E-state index < -0.39 is 23.8 Å². The molecule has 0 fully saturated rings. The highest BCUT2D eigenvalue weighted by Crippen LogP contribution is 2.28. The topological polar surface area (TPSA) is 145 Å². The van der Waals surface area contributed by atoms with Crippen LogP contribution in [-0.4, -0.2) is 34.8 Å². The van der Waals surface area contributed by atoms with Gasteiger partial charge in [0.15, 0.2) is 0 Å². The first-order valence-electron chi connectivity index (χ1n) is 15.6. The molecular weight excluding hydrogens is 600 g/mol. The lowest BCUT2D eigenvalue weighted by Crippen LogP contribution is -2.42. The Labute approximate surface area is 280 Å². The van der Waals surface area contributed by atoms with E-state index in [4.69, 9.17) is 11.1 Å². The number of nitrogens with one attached hydrogen (secondary N) is 3. The van der Waals surface area contributed by atoms with E-state index in [2.05, 4.69) is 31.4 Å². The number of rotatable bonds is 10. The summed E-state index contributed by atoms with van der Waals surface area (Å²) in [4.78, 5) is 39.5. The summed E-state index contributed by atoms with van der Waals surface area (Å²) >= 11 is 0. The fraction of sp³-hybridized carbons (Fsp3) is 0.150. The zero-order valence-corrected chi connectivity index (χ0v) is 27.1. The summed E-state index contributed by atoms with van der Waals surface area (Å²) < 4.78 is 0. The lowest BCUT2D eigenvalue weighted by molar-refractivity contribution is -0.139. The molecular formula is C40H38N4O4. The van der Waals surface area contributed by atoms with Crippen molar-refractivity contribution in [3.8, 4) is 22.3 Å². The second-order valence-electron chi connectivity index (χ2n) is 12.7. The van der Waals surface area contributed by atoms with Gasteiger partial charge in [0.25, 0.3) is 11.8 Å². The van der Waals surface area contributed by atoms with Crippen LogP contribution in [0.25, 0.3) is 22.3 Å². The number of amides is 2. The van der Waals surface area contributed by atoms with Crippen LogP contribution in [0.3, 0.4) is 0 Å². The van der Waals surface area contributed by atoms with Gasteiger partial charge in [-0.15, -0.1) is 0 Å². The second kappa shape index (κ2) is 14.2. The summed E-state index contributed by atoms with van der Waals surface area (Å²) in [6.45, 7) is 6.27. The third-order valence-electron chi connectivity index (χ3n) is 8.16. The van der Waals surface area contributed by atoms with Crippen molar-refractivity contribution in [3.63, 3.8) is 0 Å². The quantitative estimate of drug-likeness (QED) is 0.0806. The summed E-state index contributed by atoms with van der Waals surface area (Å²) in [5, 5.41) is 23.3. The van der Waals surface area contributed by atoms with Crippen molar-refractivity contribution in [1.82, 2.24) is 5.32 Å². The van der Waals surface area contributed by atoms with Gasteiger partial charge in [-0.3, -0.25) is 15.0 Å². The molecule has 6 N–H and O–H groups in total. The summed E-state index contributed by atoms with van der Waals surface area (Å²) in [6, 6.07) is 35.4. The third-order valence-corrected chi connectivity index (χ3v) is 8.16. The van der Waals surface area contributed by atoms with Gasteiger partial charge in [0.2, 0.25) is 0 Å². The molecule has 0 aromatic heterocycles. The smallest absolute Gasteiger partial charge is 0.326 e. The van der Waals surface area contributed by atoms with Crippen molar-refractivity contribution in [1.29, 1.82) is 5.41 Å². The molecule has 0 radical (unpaired) electrons. The Bertz CT molecular complexity index is 1940. The van der Waals surface area contributed by atoms with E-state index in [0.717, 1.165) is 27.8 Å². The molecule has 5 aromatic carbocycles. The molecule has 0 heterocycles. The number of hydrogen-bond acceptors (Lipinski definition) is 4. The van der Waals surface area contributed by atoms with Crippen LogP contribution in [-0.2, 0) is 16.6 Å². The number of anilines is 1. The minimum atomic E-state index is -1.23. The van der Waals surface area contributed by atoms with Crippen molar-refractivity contribution in [2.45, 2.75) is 38.6 Å². The van der Waals surface area contributed by atoms with E-state index in [0.29, 0.717) is 16.7 Å². The van der Waals surface area contributed by atoms with Gasteiger partial charge in [-0.05, 0) is 63.1 Å². The fourth-order valence-corrected chi connectivity index (χ4v) is 5.31. The van der Waals surface area contributed by atoms with E-state index in [1.54, 1.807) is 54.6 Å². The molecule has 0 spiro atoms. The Morgan fingerprint density at radius 3 is 1.83 bits per heavy atom. The van der Waals surface area contributed by atoms with Crippen LogP contribution in [0.15, 0.2) is 121 Å². The Morgan fingerprint density at radius 1 is 0.708 bits per heavy atom. The van der Waals surface area contributed by atoms with Gasteiger partial charge in [-0.1, -0.05) is 118 Å². The van der Waals surface area contributed by atoms with Crippen molar-refractivity contribution in [2.24, 2.45) is 5.73 Å². The molecule has 1 unspecified atom stereocenters. The standard InChI is InChI=1S/C40H38N4O4/c1-40(2,3)32-20-17-30(18-21-32)37(45)43-34-22-19-31(28-13-15-29(16-14-28)36(41)42)24-33(34)38(46)44-35(39(47)48)23-25-9-11-27(12-10-25)26-7-5-4-6-8-26/h4-22,24,35H,23H2,1-3H3,(H3,41,42)(H,43,45)(H,44,46)(H,47,48). The first-order valence-corrected chi connectivity index (χ1v) is 15.6. The maximum Gasteiger partial charge on any atom is 0.326 e. The van der Waals surface area contributed by atoms with Gasteiger partial charge in [-0.25, -0.2) is 4.79 Å². The molecule has 48 heavy (non-hydrogen) atoms. The molecule has 0 saturated carbocycles. The molecule has 2 amide bonds. The molecule has 0 bridgehead atoms. The Kier molecular flexibility index (Phi) is 9.85. The Hall–Kier alpha value is -6.02. The van der Waals surface area contributed by atoms with Crippen LogP contribution < -0.4 is 16.4 Å². The zero-order chi connectivity index (χ0) is 34.4.